The Morgan fingerprint density at radius 2 is 2.10 bits per heavy atom. The molecule has 0 saturated heterocycles. The second kappa shape index (κ2) is 6.26. The van der Waals surface area contributed by atoms with Gasteiger partial charge in [-0.1, -0.05) is 19.9 Å². The summed E-state index contributed by atoms with van der Waals surface area (Å²) >= 11 is 1.74. The molecule has 7 heteroatoms. The minimum absolute atomic E-state index is 0.0118. The number of hydrogen-bond acceptors (Lipinski definition) is 7. The second-order valence-electron chi connectivity index (χ2n) is 5.68. The van der Waals surface area contributed by atoms with Crippen molar-refractivity contribution >= 4 is 23.2 Å². The molecule has 2 rings (SSSR count). The number of anilines is 2. The summed E-state index contributed by atoms with van der Waals surface area (Å²) in [6.45, 7) is 8.85. The van der Waals surface area contributed by atoms with Crippen molar-refractivity contribution in [2.24, 2.45) is 0 Å². The number of nitrogens with one attached hydrogen (secondary N) is 1. The number of ether oxygens (including phenoxy) is 1. The van der Waals surface area contributed by atoms with Crippen molar-refractivity contribution < 1.29 is 4.74 Å². The van der Waals surface area contributed by atoms with Crippen LogP contribution in [0.4, 0.5) is 11.9 Å². The summed E-state index contributed by atoms with van der Waals surface area (Å²) in [4.78, 5) is 13.6. The van der Waals surface area contributed by atoms with Crippen LogP contribution >= 0.6 is 11.3 Å². The zero-order valence-corrected chi connectivity index (χ0v) is 13.6. The van der Waals surface area contributed by atoms with Crippen molar-refractivity contribution in [2.45, 2.75) is 39.2 Å². The zero-order chi connectivity index (χ0) is 15.5. The Bertz CT molecular complexity index is 583. The maximum absolute atomic E-state index is 5.69. The smallest absolute Gasteiger partial charge is 0.323 e. The molecule has 2 aromatic heterocycles. The summed E-state index contributed by atoms with van der Waals surface area (Å²) < 4.78 is 5.46. The van der Waals surface area contributed by atoms with Gasteiger partial charge in [-0.15, -0.1) is 11.3 Å². The first kappa shape index (κ1) is 15.5. The predicted octanol–water partition coefficient (Wildman–Crippen LogP) is 2.69. The van der Waals surface area contributed by atoms with Crippen molar-refractivity contribution in [3.63, 3.8) is 0 Å². The third-order valence-corrected chi connectivity index (χ3v) is 4.09. The van der Waals surface area contributed by atoms with E-state index >= 15 is 0 Å². The number of nitrogens with zero attached hydrogens (tertiary/aromatic N) is 3. The van der Waals surface area contributed by atoms with Gasteiger partial charge in [0.15, 0.2) is 0 Å². The van der Waals surface area contributed by atoms with Crippen LogP contribution in [0.1, 0.15) is 32.6 Å². The maximum atomic E-state index is 5.69. The summed E-state index contributed by atoms with van der Waals surface area (Å²) in [6, 6.07) is 4.42. The molecule has 0 bridgehead atoms. The number of aromatic nitrogens is 3. The van der Waals surface area contributed by atoms with Crippen LogP contribution < -0.4 is 15.8 Å². The highest BCUT2D eigenvalue weighted by Gasteiger charge is 2.22. The van der Waals surface area contributed by atoms with E-state index in [1.807, 2.05) is 13.8 Å². The molecule has 0 radical (unpaired) electrons. The minimum Gasteiger partial charge on any atom is -0.461 e. The van der Waals surface area contributed by atoms with Gasteiger partial charge in [-0.05, 0) is 25.3 Å². The highest BCUT2D eigenvalue weighted by molar-refractivity contribution is 7.10. The van der Waals surface area contributed by atoms with Crippen LogP contribution in [-0.2, 0) is 5.41 Å². The Kier molecular flexibility index (Phi) is 4.62. The van der Waals surface area contributed by atoms with Crippen molar-refractivity contribution in [2.75, 3.05) is 17.6 Å². The zero-order valence-electron chi connectivity index (χ0n) is 12.8. The number of rotatable bonds is 6. The molecule has 21 heavy (non-hydrogen) atoms. The van der Waals surface area contributed by atoms with Gasteiger partial charge in [0.1, 0.15) is 0 Å². The molecule has 0 spiro atoms. The molecular weight excluding hydrogens is 286 g/mol. The van der Waals surface area contributed by atoms with Crippen LogP contribution in [0, 0.1) is 0 Å². The lowest BCUT2D eigenvalue weighted by Gasteiger charge is -2.23. The van der Waals surface area contributed by atoms with Crippen molar-refractivity contribution in [3.05, 3.63) is 22.4 Å². The van der Waals surface area contributed by atoms with Crippen LogP contribution in [0.15, 0.2) is 17.5 Å². The van der Waals surface area contributed by atoms with Crippen LogP contribution in [-0.4, -0.2) is 27.6 Å². The van der Waals surface area contributed by atoms with Crippen LogP contribution in [0.3, 0.4) is 0 Å². The van der Waals surface area contributed by atoms with Gasteiger partial charge in [0.25, 0.3) is 0 Å². The van der Waals surface area contributed by atoms with E-state index < -0.39 is 0 Å². The van der Waals surface area contributed by atoms with Crippen LogP contribution in [0.25, 0.3) is 0 Å². The molecule has 0 amide bonds. The fourth-order valence-corrected chi connectivity index (χ4v) is 2.62. The maximum Gasteiger partial charge on any atom is 0.323 e. The highest BCUT2D eigenvalue weighted by atomic mass is 32.1. The lowest BCUT2D eigenvalue weighted by Crippen LogP contribution is -2.27. The van der Waals surface area contributed by atoms with E-state index in [0.717, 1.165) is 0 Å². The topological polar surface area (TPSA) is 86.0 Å². The summed E-state index contributed by atoms with van der Waals surface area (Å²) in [5.74, 6) is 0.583. The Labute approximate surface area is 128 Å². The first-order valence-electron chi connectivity index (χ1n) is 6.83. The summed E-state index contributed by atoms with van der Waals surface area (Å²) in [5.41, 5.74) is 5.67. The van der Waals surface area contributed by atoms with E-state index in [4.69, 9.17) is 10.5 Å². The fraction of sp³-hybridized carbons (Fsp3) is 0.500. The second-order valence-corrected chi connectivity index (χ2v) is 6.63. The molecule has 114 valence electrons. The summed E-state index contributed by atoms with van der Waals surface area (Å²) in [5, 5.41) is 5.29. The van der Waals surface area contributed by atoms with E-state index in [0.29, 0.717) is 12.5 Å². The van der Waals surface area contributed by atoms with Gasteiger partial charge in [-0.3, -0.25) is 0 Å². The Balaban J connectivity index is 2.07. The van der Waals surface area contributed by atoms with Gasteiger partial charge >= 0.3 is 6.01 Å². The molecule has 0 aromatic carbocycles. The predicted molar refractivity (Wildman–Crippen MR) is 85.8 cm³/mol. The first-order chi connectivity index (χ1) is 9.87. The molecule has 0 aliphatic rings. The first-order valence-corrected chi connectivity index (χ1v) is 7.71. The van der Waals surface area contributed by atoms with Gasteiger partial charge in [0.2, 0.25) is 11.9 Å². The van der Waals surface area contributed by atoms with E-state index in [1.54, 1.807) is 11.3 Å². The molecule has 0 aliphatic carbocycles. The number of thiophene rings is 1. The molecule has 0 saturated carbocycles. The van der Waals surface area contributed by atoms with Gasteiger partial charge < -0.3 is 15.8 Å². The van der Waals surface area contributed by atoms with E-state index in [9.17, 15) is 0 Å². The quantitative estimate of drug-likeness (QED) is 0.853. The Morgan fingerprint density at radius 1 is 1.33 bits per heavy atom. The molecule has 3 N–H and O–H groups in total. The van der Waals surface area contributed by atoms with Gasteiger partial charge in [-0.2, -0.15) is 15.0 Å². The Morgan fingerprint density at radius 3 is 2.71 bits per heavy atom. The normalized spacial score (nSPS) is 11.7. The number of nitrogens with two attached hydrogens (primary N) is 1. The van der Waals surface area contributed by atoms with Crippen molar-refractivity contribution in [3.8, 4) is 6.01 Å². The monoisotopic (exact) mass is 307 g/mol. The van der Waals surface area contributed by atoms with Gasteiger partial charge in [0.05, 0.1) is 6.10 Å². The Hall–Kier alpha value is -1.89. The molecule has 2 aromatic rings. The van der Waals surface area contributed by atoms with Gasteiger partial charge in [0, 0.05) is 16.8 Å². The van der Waals surface area contributed by atoms with E-state index in [1.165, 1.54) is 4.88 Å². The number of nitrogen functional groups attached to an aromatic ring is 1. The standard InChI is InChI=1S/C14H21N5OS/c1-9(2)20-13-18-11(15)17-12(19-13)16-8-14(3,4)10-6-5-7-21-10/h5-7,9H,8H2,1-4H3,(H3,15,16,17,18,19). The minimum atomic E-state index is -0.0192. The van der Waals surface area contributed by atoms with E-state index in [-0.39, 0.29) is 23.5 Å². The number of hydrogen-bond donors (Lipinski definition) is 2. The fourth-order valence-electron chi connectivity index (χ4n) is 1.77. The average molecular weight is 307 g/mol. The van der Waals surface area contributed by atoms with Crippen LogP contribution in [0.2, 0.25) is 0 Å². The van der Waals surface area contributed by atoms with Crippen molar-refractivity contribution in [1.82, 2.24) is 15.0 Å². The molecule has 0 unspecified atom stereocenters. The lowest BCUT2D eigenvalue weighted by molar-refractivity contribution is 0.222. The molecule has 0 fully saturated rings. The highest BCUT2D eigenvalue weighted by Crippen LogP contribution is 2.27. The molecule has 0 aliphatic heterocycles. The summed E-state index contributed by atoms with van der Waals surface area (Å²) in [7, 11) is 0. The molecule has 6 nitrogen and oxygen atoms in total. The van der Waals surface area contributed by atoms with Crippen LogP contribution in [0.5, 0.6) is 6.01 Å². The molecular formula is C14H21N5OS. The van der Waals surface area contributed by atoms with Crippen molar-refractivity contribution in [1.29, 1.82) is 0 Å². The third-order valence-electron chi connectivity index (χ3n) is 2.85. The molecule has 2 heterocycles. The summed E-state index contributed by atoms with van der Waals surface area (Å²) in [6.07, 6.45) is -0.0118. The largest absolute Gasteiger partial charge is 0.461 e. The third kappa shape index (κ3) is 4.29. The molecule has 0 atom stereocenters. The van der Waals surface area contributed by atoms with E-state index in [2.05, 4.69) is 51.6 Å². The SMILES string of the molecule is CC(C)Oc1nc(N)nc(NCC(C)(C)c2cccs2)n1. The van der Waals surface area contributed by atoms with Gasteiger partial charge in [-0.25, -0.2) is 0 Å². The average Bonchev–Trinajstić information content (AvgIpc) is 2.89. The lowest BCUT2D eigenvalue weighted by atomic mass is 9.91.